The van der Waals surface area contributed by atoms with Crippen LogP contribution in [-0.4, -0.2) is 4.90 Å². The molecule has 0 N–H and O–H groups in total. The predicted octanol–water partition coefficient (Wildman–Crippen LogP) is 5.60. The summed E-state index contributed by atoms with van der Waals surface area (Å²) in [6.07, 6.45) is 0. The lowest BCUT2D eigenvalue weighted by Gasteiger charge is -2.15. The van der Waals surface area contributed by atoms with Crippen LogP contribution in [0.25, 0.3) is 0 Å². The van der Waals surface area contributed by atoms with Gasteiger partial charge in [0.15, 0.2) is 0 Å². The van der Waals surface area contributed by atoms with Crippen LogP contribution < -0.4 is 4.74 Å². The van der Waals surface area contributed by atoms with Crippen molar-refractivity contribution in [1.82, 2.24) is 4.90 Å². The molecule has 0 unspecified atom stereocenters. The van der Waals surface area contributed by atoms with Crippen LogP contribution in [0.4, 0.5) is 0 Å². The van der Waals surface area contributed by atoms with E-state index >= 15 is 0 Å². The number of hydrogen-bond acceptors (Lipinski definition) is 2. The van der Waals surface area contributed by atoms with Crippen molar-refractivity contribution in [1.29, 1.82) is 0 Å². The van der Waals surface area contributed by atoms with Crippen molar-refractivity contribution in [3.8, 4) is 11.5 Å². The zero-order valence-corrected chi connectivity index (χ0v) is 15.4. The molecule has 3 aromatic rings. The third-order valence-electron chi connectivity index (χ3n) is 4.30. The second kappa shape index (κ2) is 6.95. The lowest BCUT2D eigenvalue weighted by Crippen LogP contribution is -2.15. The smallest absolute Gasteiger partial charge is 0.127 e. The standard InChI is InChI=1S/C21H18INO/c22-21-8-4-5-17-14-23(15-20(17)21)13-16-9-11-19(12-10-16)24-18-6-2-1-3-7-18/h1-12H,13-15H2. The van der Waals surface area contributed by atoms with Gasteiger partial charge in [-0.05, 0) is 69.6 Å². The zero-order valence-electron chi connectivity index (χ0n) is 13.3. The summed E-state index contributed by atoms with van der Waals surface area (Å²) in [6.45, 7) is 3.04. The molecule has 1 aliphatic heterocycles. The van der Waals surface area contributed by atoms with Gasteiger partial charge in [0.1, 0.15) is 11.5 Å². The number of para-hydroxylation sites is 1. The highest BCUT2D eigenvalue weighted by Crippen LogP contribution is 2.28. The van der Waals surface area contributed by atoms with Gasteiger partial charge < -0.3 is 4.74 Å². The summed E-state index contributed by atoms with van der Waals surface area (Å²) < 4.78 is 7.23. The third-order valence-corrected chi connectivity index (χ3v) is 5.31. The van der Waals surface area contributed by atoms with E-state index in [2.05, 4.69) is 70.0 Å². The Morgan fingerprint density at radius 3 is 2.29 bits per heavy atom. The van der Waals surface area contributed by atoms with Crippen LogP contribution in [-0.2, 0) is 19.6 Å². The molecule has 24 heavy (non-hydrogen) atoms. The first-order chi connectivity index (χ1) is 11.8. The number of benzene rings is 3. The van der Waals surface area contributed by atoms with Gasteiger partial charge in [0.25, 0.3) is 0 Å². The highest BCUT2D eigenvalue weighted by molar-refractivity contribution is 14.1. The number of halogens is 1. The summed E-state index contributed by atoms with van der Waals surface area (Å²) in [7, 11) is 0. The number of rotatable bonds is 4. The van der Waals surface area contributed by atoms with E-state index in [-0.39, 0.29) is 0 Å². The maximum Gasteiger partial charge on any atom is 0.127 e. The van der Waals surface area contributed by atoms with Crippen LogP contribution >= 0.6 is 22.6 Å². The summed E-state index contributed by atoms with van der Waals surface area (Å²) in [6, 6.07) is 24.9. The van der Waals surface area contributed by atoms with Crippen LogP contribution in [0.5, 0.6) is 11.5 Å². The van der Waals surface area contributed by atoms with Crippen molar-refractivity contribution in [2.24, 2.45) is 0 Å². The molecule has 0 aliphatic carbocycles. The van der Waals surface area contributed by atoms with Crippen molar-refractivity contribution < 1.29 is 4.74 Å². The molecular formula is C21H18INO. The quantitative estimate of drug-likeness (QED) is 0.503. The second-order valence-corrected chi connectivity index (χ2v) is 7.24. The van der Waals surface area contributed by atoms with Gasteiger partial charge in [-0.3, -0.25) is 4.90 Å². The SMILES string of the molecule is Ic1cccc2c1CN(Cc1ccc(Oc3ccccc3)cc1)C2. The van der Waals surface area contributed by atoms with Gasteiger partial charge in [0, 0.05) is 23.2 Å². The van der Waals surface area contributed by atoms with E-state index in [0.29, 0.717) is 0 Å². The van der Waals surface area contributed by atoms with Gasteiger partial charge >= 0.3 is 0 Å². The molecule has 0 aromatic heterocycles. The van der Waals surface area contributed by atoms with E-state index in [4.69, 9.17) is 4.74 Å². The zero-order chi connectivity index (χ0) is 16.4. The number of fused-ring (bicyclic) bond motifs is 1. The molecule has 1 aliphatic rings. The predicted molar refractivity (Wildman–Crippen MR) is 105 cm³/mol. The van der Waals surface area contributed by atoms with Gasteiger partial charge in [0.2, 0.25) is 0 Å². The average molecular weight is 427 g/mol. The maximum absolute atomic E-state index is 5.86. The average Bonchev–Trinajstić information content (AvgIpc) is 3.02. The van der Waals surface area contributed by atoms with E-state index in [9.17, 15) is 0 Å². The summed E-state index contributed by atoms with van der Waals surface area (Å²) in [5.74, 6) is 1.75. The normalized spacial score (nSPS) is 13.7. The van der Waals surface area contributed by atoms with Crippen LogP contribution in [0, 0.1) is 3.57 Å². The van der Waals surface area contributed by atoms with Gasteiger partial charge in [0.05, 0.1) is 0 Å². The molecular weight excluding hydrogens is 409 g/mol. The number of ether oxygens (including phenoxy) is 1. The Kier molecular flexibility index (Phi) is 4.54. The summed E-state index contributed by atoms with van der Waals surface area (Å²) in [5, 5.41) is 0. The first kappa shape index (κ1) is 15.7. The molecule has 0 saturated heterocycles. The van der Waals surface area contributed by atoms with E-state index < -0.39 is 0 Å². The highest BCUT2D eigenvalue weighted by Gasteiger charge is 2.20. The first-order valence-corrected chi connectivity index (χ1v) is 9.16. The third kappa shape index (κ3) is 3.47. The van der Waals surface area contributed by atoms with Crippen LogP contribution in [0.2, 0.25) is 0 Å². The van der Waals surface area contributed by atoms with Gasteiger partial charge in [-0.1, -0.05) is 42.5 Å². The number of hydrogen-bond donors (Lipinski definition) is 0. The molecule has 0 bridgehead atoms. The Bertz CT molecular complexity index is 830. The molecule has 0 amide bonds. The molecule has 0 atom stereocenters. The van der Waals surface area contributed by atoms with Crippen LogP contribution in [0.3, 0.4) is 0 Å². The van der Waals surface area contributed by atoms with E-state index in [0.717, 1.165) is 31.1 Å². The fourth-order valence-electron chi connectivity index (χ4n) is 3.11. The minimum atomic E-state index is 0.870. The van der Waals surface area contributed by atoms with Crippen LogP contribution in [0.15, 0.2) is 72.8 Å². The topological polar surface area (TPSA) is 12.5 Å². The lowest BCUT2D eigenvalue weighted by atomic mass is 10.1. The molecule has 1 heterocycles. The largest absolute Gasteiger partial charge is 0.457 e. The Morgan fingerprint density at radius 2 is 1.54 bits per heavy atom. The van der Waals surface area contributed by atoms with Crippen LogP contribution in [0.1, 0.15) is 16.7 Å². The lowest BCUT2D eigenvalue weighted by molar-refractivity contribution is 0.275. The molecule has 0 fully saturated rings. The fraction of sp³-hybridized carbons (Fsp3) is 0.143. The Morgan fingerprint density at radius 1 is 0.792 bits per heavy atom. The molecule has 3 aromatic carbocycles. The minimum absolute atomic E-state index is 0.870. The summed E-state index contributed by atoms with van der Waals surface area (Å²) in [5.41, 5.74) is 4.27. The Balaban J connectivity index is 1.41. The van der Waals surface area contributed by atoms with E-state index in [1.54, 1.807) is 0 Å². The Labute approximate surface area is 156 Å². The second-order valence-electron chi connectivity index (χ2n) is 6.08. The van der Waals surface area contributed by atoms with Crippen molar-refractivity contribution in [3.05, 3.63) is 93.1 Å². The fourth-order valence-corrected chi connectivity index (χ4v) is 3.83. The Hall–Kier alpha value is -1.85. The molecule has 0 saturated carbocycles. The molecule has 0 spiro atoms. The van der Waals surface area contributed by atoms with Crippen molar-refractivity contribution in [3.63, 3.8) is 0 Å². The highest BCUT2D eigenvalue weighted by atomic mass is 127. The minimum Gasteiger partial charge on any atom is -0.457 e. The molecule has 2 nitrogen and oxygen atoms in total. The summed E-state index contributed by atoms with van der Waals surface area (Å²) in [4.78, 5) is 2.49. The molecule has 4 rings (SSSR count). The monoisotopic (exact) mass is 427 g/mol. The van der Waals surface area contributed by atoms with Gasteiger partial charge in [-0.25, -0.2) is 0 Å². The molecule has 120 valence electrons. The van der Waals surface area contributed by atoms with Crippen molar-refractivity contribution in [2.45, 2.75) is 19.6 Å². The van der Waals surface area contributed by atoms with Gasteiger partial charge in [-0.2, -0.15) is 0 Å². The van der Waals surface area contributed by atoms with E-state index in [1.165, 1.54) is 20.3 Å². The van der Waals surface area contributed by atoms with E-state index in [1.807, 2.05) is 30.3 Å². The molecule has 0 radical (unpaired) electrons. The molecule has 3 heteroatoms. The van der Waals surface area contributed by atoms with Crippen molar-refractivity contribution >= 4 is 22.6 Å². The van der Waals surface area contributed by atoms with Crippen molar-refractivity contribution in [2.75, 3.05) is 0 Å². The van der Waals surface area contributed by atoms with Gasteiger partial charge in [-0.15, -0.1) is 0 Å². The number of nitrogens with zero attached hydrogens (tertiary/aromatic N) is 1. The summed E-state index contributed by atoms with van der Waals surface area (Å²) >= 11 is 2.44. The maximum atomic E-state index is 5.86. The first-order valence-electron chi connectivity index (χ1n) is 8.08.